The van der Waals surface area contributed by atoms with Crippen LogP contribution in [0.1, 0.15) is 32.8 Å². The third-order valence-corrected chi connectivity index (χ3v) is 5.84. The number of hydrogen-bond donors (Lipinski definition) is 1. The fourth-order valence-electron chi connectivity index (χ4n) is 3.47. The van der Waals surface area contributed by atoms with Crippen molar-refractivity contribution in [3.63, 3.8) is 0 Å². The summed E-state index contributed by atoms with van der Waals surface area (Å²) in [7, 11) is 0. The number of carbonyl (C=O) groups is 2. The zero-order valence-corrected chi connectivity index (χ0v) is 17.6. The molecule has 0 spiro atoms. The maximum absolute atomic E-state index is 12.7. The van der Waals surface area contributed by atoms with Gasteiger partial charge in [-0.05, 0) is 28.0 Å². The lowest BCUT2D eigenvalue weighted by Crippen LogP contribution is -2.61. The van der Waals surface area contributed by atoms with Crippen molar-refractivity contribution in [1.82, 2.24) is 4.90 Å². The van der Waals surface area contributed by atoms with E-state index < -0.39 is 11.5 Å². The lowest BCUT2D eigenvalue weighted by molar-refractivity contribution is -0.164. The molecule has 2 heterocycles. The minimum Gasteiger partial charge on any atom is -0.367 e. The van der Waals surface area contributed by atoms with E-state index in [2.05, 4.69) is 6.07 Å². The van der Waals surface area contributed by atoms with Crippen LogP contribution < -0.4 is 5.73 Å². The van der Waals surface area contributed by atoms with E-state index >= 15 is 0 Å². The normalized spacial score (nSPS) is 20.2. The molecule has 1 saturated heterocycles. The zero-order valence-electron chi connectivity index (χ0n) is 16.7. The zero-order chi connectivity index (χ0) is 20.4. The number of rotatable bonds is 5. The van der Waals surface area contributed by atoms with Crippen LogP contribution in [0, 0.1) is 5.41 Å². The van der Waals surface area contributed by atoms with Crippen molar-refractivity contribution in [1.29, 1.82) is 0 Å². The number of nitrogens with zero attached hydrogens (tertiary/aromatic N) is 1. The van der Waals surface area contributed by atoms with Crippen LogP contribution >= 0.6 is 11.3 Å². The predicted molar refractivity (Wildman–Crippen MR) is 112 cm³/mol. The van der Waals surface area contributed by atoms with Gasteiger partial charge in [-0.2, -0.15) is 0 Å². The van der Waals surface area contributed by atoms with E-state index in [4.69, 9.17) is 10.5 Å². The van der Waals surface area contributed by atoms with Gasteiger partial charge in [0.25, 0.3) is 5.91 Å². The fourth-order valence-corrected chi connectivity index (χ4v) is 4.20. The minimum atomic E-state index is -1.18. The topological polar surface area (TPSA) is 72.6 Å². The molecule has 1 aromatic carbocycles. The van der Waals surface area contributed by atoms with Crippen LogP contribution in [0.15, 0.2) is 41.8 Å². The van der Waals surface area contributed by atoms with E-state index in [0.717, 1.165) is 11.1 Å². The maximum Gasteiger partial charge on any atom is 0.251 e. The Bertz CT molecular complexity index is 824. The van der Waals surface area contributed by atoms with E-state index in [1.165, 1.54) is 4.88 Å². The van der Waals surface area contributed by atoms with E-state index in [1.54, 1.807) is 16.2 Å². The molecule has 3 rings (SSSR count). The molecule has 1 fully saturated rings. The third kappa shape index (κ3) is 4.80. The molecule has 0 unspecified atom stereocenters. The van der Waals surface area contributed by atoms with Crippen molar-refractivity contribution in [3.05, 3.63) is 47.3 Å². The van der Waals surface area contributed by atoms with E-state index in [0.29, 0.717) is 26.0 Å². The Kier molecular flexibility index (Phi) is 5.91. The summed E-state index contributed by atoms with van der Waals surface area (Å²) in [5.41, 5.74) is 6.55. The highest BCUT2D eigenvalue weighted by Crippen LogP contribution is 2.29. The average Bonchev–Trinajstić information content (AvgIpc) is 3.16. The largest absolute Gasteiger partial charge is 0.367 e. The second kappa shape index (κ2) is 8.05. The molecule has 0 saturated carbocycles. The van der Waals surface area contributed by atoms with Gasteiger partial charge in [0.15, 0.2) is 5.60 Å². The maximum atomic E-state index is 12.7. The highest BCUT2D eigenvalue weighted by atomic mass is 32.1. The summed E-state index contributed by atoms with van der Waals surface area (Å²) in [5, 5.41) is 2.05. The molecular weight excluding hydrogens is 372 g/mol. The first-order chi connectivity index (χ1) is 13.2. The summed E-state index contributed by atoms with van der Waals surface area (Å²) >= 11 is 1.69. The monoisotopic (exact) mass is 400 g/mol. The summed E-state index contributed by atoms with van der Waals surface area (Å²) < 4.78 is 5.88. The molecule has 1 aromatic heterocycles. The van der Waals surface area contributed by atoms with Gasteiger partial charge in [0, 0.05) is 24.3 Å². The second-order valence-electron chi connectivity index (χ2n) is 8.61. The molecule has 2 N–H and O–H groups in total. The molecule has 6 heteroatoms. The third-order valence-electron chi connectivity index (χ3n) is 4.92. The molecule has 28 heavy (non-hydrogen) atoms. The molecule has 2 amide bonds. The highest BCUT2D eigenvalue weighted by Gasteiger charge is 2.44. The number of benzene rings is 1. The number of carbonyl (C=O) groups excluding carboxylic acids is 2. The van der Waals surface area contributed by atoms with Gasteiger partial charge in [0.1, 0.15) is 0 Å². The molecule has 1 aliphatic rings. The van der Waals surface area contributed by atoms with Gasteiger partial charge in [-0.3, -0.25) is 9.59 Å². The Labute approximate surface area is 170 Å². The van der Waals surface area contributed by atoms with Crippen molar-refractivity contribution in [3.8, 4) is 10.4 Å². The first kappa shape index (κ1) is 20.6. The Morgan fingerprint density at radius 1 is 1.21 bits per heavy atom. The Balaban J connectivity index is 1.76. The number of nitrogens with two attached hydrogens (primary N) is 1. The van der Waals surface area contributed by atoms with Gasteiger partial charge in [0.05, 0.1) is 13.2 Å². The minimum absolute atomic E-state index is 0.0365. The number of hydrogen-bond acceptors (Lipinski definition) is 4. The fraction of sp³-hybridized carbons (Fsp3) is 0.455. The van der Waals surface area contributed by atoms with Crippen molar-refractivity contribution >= 4 is 23.2 Å². The average molecular weight is 401 g/mol. The van der Waals surface area contributed by atoms with Crippen LogP contribution in [0.5, 0.6) is 0 Å². The molecule has 0 bridgehead atoms. The van der Waals surface area contributed by atoms with Crippen molar-refractivity contribution < 1.29 is 14.3 Å². The van der Waals surface area contributed by atoms with E-state index in [-0.39, 0.29) is 17.9 Å². The van der Waals surface area contributed by atoms with Crippen LogP contribution in [-0.4, -0.2) is 42.0 Å². The standard InChI is InChI=1S/C22H28N2O3S/c1-21(2,3)14-19(25)24-10-11-27-22(15-24,20(23)26)13-16-6-8-17(9-7-16)18-5-4-12-28-18/h4-9,12H,10-11,13-15H2,1-3H3,(H2,23,26)/t22-/m1/s1. The summed E-state index contributed by atoms with van der Waals surface area (Å²) in [6.45, 7) is 7.09. The van der Waals surface area contributed by atoms with Gasteiger partial charge in [-0.15, -0.1) is 11.3 Å². The summed E-state index contributed by atoms with van der Waals surface area (Å²) in [4.78, 5) is 27.9. The van der Waals surface area contributed by atoms with Gasteiger partial charge in [-0.25, -0.2) is 0 Å². The van der Waals surface area contributed by atoms with Crippen LogP contribution in [0.3, 0.4) is 0 Å². The number of ether oxygens (including phenoxy) is 1. The van der Waals surface area contributed by atoms with E-state index in [1.807, 2.05) is 56.5 Å². The lowest BCUT2D eigenvalue weighted by atomic mass is 9.89. The van der Waals surface area contributed by atoms with Crippen molar-refractivity contribution in [2.45, 2.75) is 39.2 Å². The summed E-state index contributed by atoms with van der Waals surface area (Å²) in [5.74, 6) is -0.488. The molecule has 150 valence electrons. The molecular formula is C22H28N2O3S. The molecule has 1 aliphatic heterocycles. The Morgan fingerprint density at radius 3 is 2.50 bits per heavy atom. The van der Waals surface area contributed by atoms with Gasteiger partial charge < -0.3 is 15.4 Å². The number of morpholine rings is 1. The van der Waals surface area contributed by atoms with Gasteiger partial charge in [-0.1, -0.05) is 51.1 Å². The molecule has 0 radical (unpaired) electrons. The predicted octanol–water partition coefficient (Wildman–Crippen LogP) is 3.48. The number of amides is 2. The summed E-state index contributed by atoms with van der Waals surface area (Å²) in [6.07, 6.45) is 0.781. The summed E-state index contributed by atoms with van der Waals surface area (Å²) in [6, 6.07) is 12.2. The number of primary amides is 1. The lowest BCUT2D eigenvalue weighted by Gasteiger charge is -2.41. The van der Waals surface area contributed by atoms with E-state index in [9.17, 15) is 9.59 Å². The molecule has 2 aromatic rings. The van der Waals surface area contributed by atoms with Gasteiger partial charge in [0.2, 0.25) is 5.91 Å². The SMILES string of the molecule is CC(C)(C)CC(=O)N1CCO[C@@](Cc2ccc(-c3cccs3)cc2)(C(N)=O)C1. The van der Waals surface area contributed by atoms with Crippen LogP contribution in [0.4, 0.5) is 0 Å². The van der Waals surface area contributed by atoms with Gasteiger partial charge >= 0.3 is 0 Å². The van der Waals surface area contributed by atoms with Crippen LogP contribution in [-0.2, 0) is 20.7 Å². The van der Waals surface area contributed by atoms with Crippen molar-refractivity contribution in [2.75, 3.05) is 19.7 Å². The number of thiophene rings is 1. The first-order valence-corrected chi connectivity index (χ1v) is 10.4. The quantitative estimate of drug-likeness (QED) is 0.835. The van der Waals surface area contributed by atoms with Crippen molar-refractivity contribution in [2.24, 2.45) is 11.1 Å². The first-order valence-electron chi connectivity index (χ1n) is 9.53. The molecule has 5 nitrogen and oxygen atoms in total. The smallest absolute Gasteiger partial charge is 0.251 e. The molecule has 1 atom stereocenters. The van der Waals surface area contributed by atoms with Crippen LogP contribution in [0.25, 0.3) is 10.4 Å². The Morgan fingerprint density at radius 2 is 1.93 bits per heavy atom. The van der Waals surface area contributed by atoms with Crippen LogP contribution in [0.2, 0.25) is 0 Å². The molecule has 0 aliphatic carbocycles. The second-order valence-corrected chi connectivity index (χ2v) is 9.56. The highest BCUT2D eigenvalue weighted by molar-refractivity contribution is 7.13. The Hall–Kier alpha value is -2.18.